The van der Waals surface area contributed by atoms with Gasteiger partial charge in [-0.05, 0) is 53.7 Å². The van der Waals surface area contributed by atoms with Gasteiger partial charge in [0.15, 0.2) is 0 Å². The SMILES string of the molecule is CCCN(C1CC1)S(=O)(=O)c1cc(C)c(Br)s1. The van der Waals surface area contributed by atoms with Gasteiger partial charge in [0, 0.05) is 12.6 Å². The molecule has 1 heterocycles. The second-order valence-electron chi connectivity index (χ2n) is 4.37. The molecular formula is C11H16BrNO2S2. The van der Waals surface area contributed by atoms with Gasteiger partial charge in [-0.1, -0.05) is 6.92 Å². The number of halogens is 1. The largest absolute Gasteiger partial charge is 0.252 e. The van der Waals surface area contributed by atoms with Gasteiger partial charge in [-0.15, -0.1) is 11.3 Å². The van der Waals surface area contributed by atoms with Crippen molar-refractivity contribution in [2.24, 2.45) is 0 Å². The van der Waals surface area contributed by atoms with Crippen LogP contribution in [0.5, 0.6) is 0 Å². The molecule has 0 unspecified atom stereocenters. The molecule has 1 aliphatic carbocycles. The van der Waals surface area contributed by atoms with Crippen LogP contribution in [0.25, 0.3) is 0 Å². The molecule has 1 aromatic heterocycles. The molecule has 1 fully saturated rings. The van der Waals surface area contributed by atoms with Crippen molar-refractivity contribution in [3.05, 3.63) is 15.4 Å². The van der Waals surface area contributed by atoms with Crippen LogP contribution in [0.2, 0.25) is 0 Å². The highest BCUT2D eigenvalue weighted by Gasteiger charge is 2.38. The highest BCUT2D eigenvalue weighted by Crippen LogP contribution is 2.37. The van der Waals surface area contributed by atoms with E-state index in [-0.39, 0.29) is 6.04 Å². The van der Waals surface area contributed by atoms with E-state index >= 15 is 0 Å². The van der Waals surface area contributed by atoms with Crippen molar-refractivity contribution in [3.63, 3.8) is 0 Å². The van der Waals surface area contributed by atoms with E-state index in [1.165, 1.54) is 11.3 Å². The Morgan fingerprint density at radius 1 is 1.53 bits per heavy atom. The summed E-state index contributed by atoms with van der Waals surface area (Å²) in [5.41, 5.74) is 0.987. The highest BCUT2D eigenvalue weighted by atomic mass is 79.9. The third kappa shape index (κ3) is 2.75. The Labute approximate surface area is 115 Å². The highest BCUT2D eigenvalue weighted by molar-refractivity contribution is 9.11. The number of aryl methyl sites for hydroxylation is 1. The number of nitrogens with zero attached hydrogens (tertiary/aromatic N) is 1. The second kappa shape index (κ2) is 4.99. The lowest BCUT2D eigenvalue weighted by Gasteiger charge is -2.19. The maximum atomic E-state index is 12.5. The molecule has 1 aromatic rings. The molecule has 17 heavy (non-hydrogen) atoms. The van der Waals surface area contributed by atoms with E-state index < -0.39 is 10.0 Å². The zero-order valence-electron chi connectivity index (χ0n) is 9.94. The van der Waals surface area contributed by atoms with Crippen molar-refractivity contribution >= 4 is 37.3 Å². The normalized spacial score (nSPS) is 16.7. The van der Waals surface area contributed by atoms with Crippen LogP contribution in [0.1, 0.15) is 31.7 Å². The van der Waals surface area contributed by atoms with Gasteiger partial charge in [0.2, 0.25) is 0 Å². The molecule has 0 aromatic carbocycles. The van der Waals surface area contributed by atoms with Crippen molar-refractivity contribution in [1.29, 1.82) is 0 Å². The minimum Gasteiger partial charge on any atom is -0.206 e. The molecule has 3 nitrogen and oxygen atoms in total. The van der Waals surface area contributed by atoms with Crippen LogP contribution in [-0.2, 0) is 10.0 Å². The molecule has 0 aliphatic heterocycles. The monoisotopic (exact) mass is 337 g/mol. The summed E-state index contributed by atoms with van der Waals surface area (Å²) in [4.78, 5) is 0. The smallest absolute Gasteiger partial charge is 0.206 e. The lowest BCUT2D eigenvalue weighted by molar-refractivity contribution is 0.404. The first kappa shape index (κ1) is 13.5. The molecule has 2 rings (SSSR count). The maximum Gasteiger partial charge on any atom is 0.252 e. The van der Waals surface area contributed by atoms with E-state index in [4.69, 9.17) is 0 Å². The van der Waals surface area contributed by atoms with Crippen LogP contribution in [0.15, 0.2) is 14.1 Å². The summed E-state index contributed by atoms with van der Waals surface area (Å²) < 4.78 is 28.0. The minimum absolute atomic E-state index is 0.237. The molecule has 0 N–H and O–H groups in total. The lowest BCUT2D eigenvalue weighted by Crippen LogP contribution is -2.33. The van der Waals surface area contributed by atoms with Gasteiger partial charge >= 0.3 is 0 Å². The minimum atomic E-state index is -3.28. The average molecular weight is 338 g/mol. The molecule has 1 aliphatic rings. The lowest BCUT2D eigenvalue weighted by atomic mass is 10.4. The summed E-state index contributed by atoms with van der Waals surface area (Å²) in [7, 11) is -3.28. The molecule has 0 atom stereocenters. The molecular weight excluding hydrogens is 322 g/mol. The summed E-state index contributed by atoms with van der Waals surface area (Å²) in [5.74, 6) is 0. The Kier molecular flexibility index (Phi) is 3.97. The van der Waals surface area contributed by atoms with E-state index in [9.17, 15) is 8.42 Å². The second-order valence-corrected chi connectivity index (χ2v) is 8.86. The molecule has 0 saturated heterocycles. The Morgan fingerprint density at radius 3 is 2.59 bits per heavy atom. The van der Waals surface area contributed by atoms with E-state index in [0.717, 1.165) is 28.6 Å². The van der Waals surface area contributed by atoms with Gasteiger partial charge < -0.3 is 0 Å². The zero-order valence-corrected chi connectivity index (χ0v) is 13.2. The van der Waals surface area contributed by atoms with E-state index in [1.807, 2.05) is 13.8 Å². The van der Waals surface area contributed by atoms with Gasteiger partial charge in [-0.2, -0.15) is 4.31 Å². The van der Waals surface area contributed by atoms with Gasteiger partial charge in [-0.3, -0.25) is 0 Å². The van der Waals surface area contributed by atoms with Crippen LogP contribution in [-0.4, -0.2) is 25.3 Å². The van der Waals surface area contributed by atoms with Gasteiger partial charge in [-0.25, -0.2) is 8.42 Å². The van der Waals surface area contributed by atoms with Crippen LogP contribution in [0, 0.1) is 6.92 Å². The number of rotatable bonds is 5. The first-order valence-corrected chi connectivity index (χ1v) is 8.79. The van der Waals surface area contributed by atoms with Crippen molar-refractivity contribution in [3.8, 4) is 0 Å². The van der Waals surface area contributed by atoms with Gasteiger partial charge in [0.25, 0.3) is 10.0 Å². The summed E-state index contributed by atoms with van der Waals surface area (Å²) >= 11 is 4.69. The zero-order chi connectivity index (χ0) is 12.6. The predicted octanol–water partition coefficient (Wildman–Crippen LogP) is 3.38. The van der Waals surface area contributed by atoms with Crippen molar-refractivity contribution in [1.82, 2.24) is 4.31 Å². The maximum absolute atomic E-state index is 12.5. The van der Waals surface area contributed by atoms with Gasteiger partial charge in [0.1, 0.15) is 4.21 Å². The Hall–Kier alpha value is 0.0900. The van der Waals surface area contributed by atoms with Crippen LogP contribution >= 0.6 is 27.3 Å². The first-order valence-electron chi connectivity index (χ1n) is 5.74. The van der Waals surface area contributed by atoms with Crippen LogP contribution < -0.4 is 0 Å². The number of hydrogen-bond donors (Lipinski definition) is 0. The average Bonchev–Trinajstić information content (AvgIpc) is 3.03. The van der Waals surface area contributed by atoms with Crippen LogP contribution in [0.3, 0.4) is 0 Å². The third-order valence-corrected chi connectivity index (χ3v) is 7.33. The Bertz CT molecular complexity index is 486. The molecule has 1 saturated carbocycles. The quantitative estimate of drug-likeness (QED) is 0.825. The topological polar surface area (TPSA) is 37.4 Å². The van der Waals surface area contributed by atoms with E-state index in [0.29, 0.717) is 10.8 Å². The van der Waals surface area contributed by atoms with E-state index in [1.54, 1.807) is 10.4 Å². The Balaban J connectivity index is 2.33. The molecule has 0 bridgehead atoms. The number of hydrogen-bond acceptors (Lipinski definition) is 3. The first-order chi connectivity index (χ1) is 7.96. The van der Waals surface area contributed by atoms with Gasteiger partial charge in [0.05, 0.1) is 3.79 Å². The molecule has 6 heteroatoms. The predicted molar refractivity (Wildman–Crippen MR) is 74.0 cm³/mol. The van der Waals surface area contributed by atoms with Crippen molar-refractivity contribution in [2.45, 2.75) is 43.4 Å². The number of thiophene rings is 1. The molecule has 96 valence electrons. The molecule has 0 radical (unpaired) electrons. The molecule has 0 amide bonds. The molecule has 0 spiro atoms. The van der Waals surface area contributed by atoms with E-state index in [2.05, 4.69) is 15.9 Å². The third-order valence-electron chi connectivity index (χ3n) is 2.80. The fourth-order valence-corrected chi connectivity index (χ4v) is 5.89. The summed E-state index contributed by atoms with van der Waals surface area (Å²) in [6.45, 7) is 4.56. The fourth-order valence-electron chi connectivity index (χ4n) is 1.76. The van der Waals surface area contributed by atoms with Crippen LogP contribution in [0.4, 0.5) is 0 Å². The standard InChI is InChI=1S/C11H16BrNO2S2/c1-3-6-13(9-4-5-9)17(14,15)10-7-8(2)11(12)16-10/h7,9H,3-6H2,1-2H3. The fraction of sp³-hybridized carbons (Fsp3) is 0.636. The summed E-state index contributed by atoms with van der Waals surface area (Å²) in [6, 6.07) is 2.00. The van der Waals surface area contributed by atoms with Crippen molar-refractivity contribution in [2.75, 3.05) is 6.54 Å². The number of sulfonamides is 1. The van der Waals surface area contributed by atoms with Crippen molar-refractivity contribution < 1.29 is 8.42 Å². The summed E-state index contributed by atoms with van der Waals surface area (Å²) in [5, 5.41) is 0. The summed E-state index contributed by atoms with van der Waals surface area (Å²) in [6.07, 6.45) is 2.87. The Morgan fingerprint density at radius 2 is 2.18 bits per heavy atom.